The highest BCUT2D eigenvalue weighted by Crippen LogP contribution is 2.18. The van der Waals surface area contributed by atoms with Crippen LogP contribution in [0.5, 0.6) is 0 Å². The number of H-pyrrole nitrogens is 1. The van der Waals surface area contributed by atoms with E-state index in [-0.39, 0.29) is 5.91 Å². The molecule has 0 saturated heterocycles. The Kier molecular flexibility index (Phi) is 4.37. The number of fused-ring (bicyclic) bond motifs is 1. The molecule has 0 radical (unpaired) electrons. The van der Waals surface area contributed by atoms with Crippen molar-refractivity contribution in [3.63, 3.8) is 0 Å². The summed E-state index contributed by atoms with van der Waals surface area (Å²) in [5, 5.41) is 2.93. The molecule has 0 spiro atoms. The maximum absolute atomic E-state index is 12.0. The van der Waals surface area contributed by atoms with Gasteiger partial charge in [-0.05, 0) is 36.2 Å². The lowest BCUT2D eigenvalue weighted by atomic mass is 10.1. The van der Waals surface area contributed by atoms with E-state index < -0.39 is 0 Å². The molecule has 0 aliphatic rings. The molecule has 5 heteroatoms. The molecule has 0 fully saturated rings. The molecule has 2 heterocycles. The van der Waals surface area contributed by atoms with E-state index in [0.717, 1.165) is 23.3 Å². The number of nitrogens with one attached hydrogen (secondary N) is 2. The first-order chi connectivity index (χ1) is 11.1. The van der Waals surface area contributed by atoms with Crippen molar-refractivity contribution < 1.29 is 4.79 Å². The van der Waals surface area contributed by atoms with Gasteiger partial charge in [-0.3, -0.25) is 9.78 Å². The molecule has 0 bridgehead atoms. The van der Waals surface area contributed by atoms with Gasteiger partial charge in [0.05, 0.1) is 11.0 Å². The van der Waals surface area contributed by atoms with Crippen LogP contribution in [-0.4, -0.2) is 27.4 Å². The third-order valence-corrected chi connectivity index (χ3v) is 3.75. The number of nitrogens with zero attached hydrogens (tertiary/aromatic N) is 2. The number of aromatic amines is 1. The molecule has 0 aliphatic carbocycles. The lowest BCUT2D eigenvalue weighted by Crippen LogP contribution is -2.25. The SMILES string of the molecule is CC(C)c1nc2ccc(CCNC(=O)c3ccncc3)cc2[nH]1. The van der Waals surface area contributed by atoms with Crippen molar-refractivity contribution in [1.29, 1.82) is 0 Å². The minimum absolute atomic E-state index is 0.0721. The number of hydrogen-bond acceptors (Lipinski definition) is 3. The van der Waals surface area contributed by atoms with Crippen LogP contribution in [0.15, 0.2) is 42.7 Å². The second-order valence-electron chi connectivity index (χ2n) is 5.87. The van der Waals surface area contributed by atoms with E-state index in [1.165, 1.54) is 5.56 Å². The topological polar surface area (TPSA) is 70.7 Å². The van der Waals surface area contributed by atoms with E-state index in [0.29, 0.717) is 18.0 Å². The Balaban J connectivity index is 1.62. The molecule has 3 aromatic rings. The minimum atomic E-state index is -0.0721. The van der Waals surface area contributed by atoms with E-state index in [4.69, 9.17) is 0 Å². The molecule has 2 N–H and O–H groups in total. The average molecular weight is 308 g/mol. The first-order valence-corrected chi connectivity index (χ1v) is 7.80. The van der Waals surface area contributed by atoms with Crippen LogP contribution in [0.2, 0.25) is 0 Å². The van der Waals surface area contributed by atoms with Crippen LogP contribution in [0.25, 0.3) is 11.0 Å². The second-order valence-corrected chi connectivity index (χ2v) is 5.87. The van der Waals surface area contributed by atoms with Crippen LogP contribution < -0.4 is 5.32 Å². The van der Waals surface area contributed by atoms with E-state index in [1.54, 1.807) is 24.5 Å². The molecule has 3 rings (SSSR count). The summed E-state index contributed by atoms with van der Waals surface area (Å²) < 4.78 is 0. The third-order valence-electron chi connectivity index (χ3n) is 3.75. The normalized spacial score (nSPS) is 11.1. The van der Waals surface area contributed by atoms with Gasteiger partial charge >= 0.3 is 0 Å². The van der Waals surface area contributed by atoms with Crippen molar-refractivity contribution in [2.45, 2.75) is 26.2 Å². The van der Waals surface area contributed by atoms with Crippen LogP contribution in [-0.2, 0) is 6.42 Å². The molecule has 1 amide bonds. The summed E-state index contributed by atoms with van der Waals surface area (Å²) in [5.74, 6) is 1.31. The first-order valence-electron chi connectivity index (χ1n) is 7.80. The highest BCUT2D eigenvalue weighted by Gasteiger charge is 2.07. The van der Waals surface area contributed by atoms with Crippen LogP contribution in [0.3, 0.4) is 0 Å². The number of carbonyl (C=O) groups excluding carboxylic acids is 1. The van der Waals surface area contributed by atoms with Crippen molar-refractivity contribution in [3.8, 4) is 0 Å². The highest BCUT2D eigenvalue weighted by molar-refractivity contribution is 5.93. The predicted octanol–water partition coefficient (Wildman–Crippen LogP) is 3.05. The largest absolute Gasteiger partial charge is 0.352 e. The average Bonchev–Trinajstić information content (AvgIpc) is 2.99. The zero-order valence-electron chi connectivity index (χ0n) is 13.3. The zero-order valence-corrected chi connectivity index (χ0v) is 13.3. The Morgan fingerprint density at radius 2 is 2.00 bits per heavy atom. The molecule has 0 aliphatic heterocycles. The van der Waals surface area contributed by atoms with Gasteiger partial charge < -0.3 is 10.3 Å². The first kappa shape index (κ1) is 15.2. The van der Waals surface area contributed by atoms with Crippen LogP contribution in [0.4, 0.5) is 0 Å². The molecule has 5 nitrogen and oxygen atoms in total. The number of amides is 1. The fourth-order valence-corrected chi connectivity index (χ4v) is 2.43. The highest BCUT2D eigenvalue weighted by atomic mass is 16.1. The van der Waals surface area contributed by atoms with Gasteiger partial charge in [-0.1, -0.05) is 19.9 Å². The summed E-state index contributed by atoms with van der Waals surface area (Å²) in [4.78, 5) is 23.8. The number of imidazole rings is 1. The maximum atomic E-state index is 12.0. The van der Waals surface area contributed by atoms with Crippen molar-refractivity contribution in [3.05, 3.63) is 59.7 Å². The van der Waals surface area contributed by atoms with E-state index in [1.807, 2.05) is 6.07 Å². The Morgan fingerprint density at radius 3 is 2.74 bits per heavy atom. The summed E-state index contributed by atoms with van der Waals surface area (Å²) >= 11 is 0. The second kappa shape index (κ2) is 6.60. The van der Waals surface area contributed by atoms with Gasteiger partial charge in [0.25, 0.3) is 5.91 Å². The van der Waals surface area contributed by atoms with Crippen LogP contribution in [0.1, 0.15) is 41.5 Å². The number of hydrogen-bond donors (Lipinski definition) is 2. The quantitative estimate of drug-likeness (QED) is 0.761. The molecule has 2 aromatic heterocycles. The van der Waals surface area contributed by atoms with Gasteiger partial charge in [0.1, 0.15) is 5.82 Å². The monoisotopic (exact) mass is 308 g/mol. The molecule has 0 saturated carbocycles. The van der Waals surface area contributed by atoms with Crippen molar-refractivity contribution in [2.24, 2.45) is 0 Å². The molecule has 0 unspecified atom stereocenters. The van der Waals surface area contributed by atoms with Crippen LogP contribution in [0, 0.1) is 0 Å². The Hall–Kier alpha value is -2.69. The number of rotatable bonds is 5. The van der Waals surface area contributed by atoms with Gasteiger partial charge in [0, 0.05) is 30.4 Å². The Bertz CT molecular complexity index is 808. The molecular formula is C18H20N4O. The lowest BCUT2D eigenvalue weighted by molar-refractivity contribution is 0.0954. The fraction of sp³-hybridized carbons (Fsp3) is 0.278. The third kappa shape index (κ3) is 3.56. The summed E-state index contributed by atoms with van der Waals surface area (Å²) in [6, 6.07) is 9.61. The van der Waals surface area contributed by atoms with Crippen molar-refractivity contribution in [2.75, 3.05) is 6.54 Å². The number of carbonyl (C=O) groups is 1. The molecular weight excluding hydrogens is 288 g/mol. The molecule has 23 heavy (non-hydrogen) atoms. The van der Waals surface area contributed by atoms with E-state index in [9.17, 15) is 4.79 Å². The predicted molar refractivity (Wildman–Crippen MR) is 90.5 cm³/mol. The molecule has 0 atom stereocenters. The van der Waals surface area contributed by atoms with Crippen molar-refractivity contribution >= 4 is 16.9 Å². The van der Waals surface area contributed by atoms with Gasteiger partial charge in [-0.15, -0.1) is 0 Å². The summed E-state index contributed by atoms with van der Waals surface area (Å²) in [5.41, 5.74) is 3.84. The van der Waals surface area contributed by atoms with Crippen LogP contribution >= 0.6 is 0 Å². The van der Waals surface area contributed by atoms with Crippen molar-refractivity contribution in [1.82, 2.24) is 20.3 Å². The number of pyridine rings is 1. The van der Waals surface area contributed by atoms with E-state index in [2.05, 4.69) is 46.2 Å². The fourth-order valence-electron chi connectivity index (χ4n) is 2.43. The smallest absolute Gasteiger partial charge is 0.251 e. The zero-order chi connectivity index (χ0) is 16.2. The van der Waals surface area contributed by atoms with Gasteiger partial charge in [0.2, 0.25) is 0 Å². The lowest BCUT2D eigenvalue weighted by Gasteiger charge is -2.05. The summed E-state index contributed by atoms with van der Waals surface area (Å²) in [6.45, 7) is 4.83. The number of aromatic nitrogens is 3. The minimum Gasteiger partial charge on any atom is -0.352 e. The summed E-state index contributed by atoms with van der Waals surface area (Å²) in [6.07, 6.45) is 4.02. The Labute approximate surface area is 135 Å². The molecule has 118 valence electrons. The van der Waals surface area contributed by atoms with Gasteiger partial charge in [0.15, 0.2) is 0 Å². The Morgan fingerprint density at radius 1 is 1.22 bits per heavy atom. The summed E-state index contributed by atoms with van der Waals surface area (Å²) in [7, 11) is 0. The standard InChI is InChI=1S/C18H20N4O/c1-12(2)17-21-15-4-3-13(11-16(15)22-17)5-10-20-18(23)14-6-8-19-9-7-14/h3-4,6-9,11-12H,5,10H2,1-2H3,(H,20,23)(H,21,22). The maximum Gasteiger partial charge on any atom is 0.251 e. The van der Waals surface area contributed by atoms with Gasteiger partial charge in [-0.25, -0.2) is 4.98 Å². The molecule has 1 aromatic carbocycles. The van der Waals surface area contributed by atoms with Gasteiger partial charge in [-0.2, -0.15) is 0 Å². The van der Waals surface area contributed by atoms with E-state index >= 15 is 0 Å². The number of benzene rings is 1.